The van der Waals surface area contributed by atoms with Gasteiger partial charge in [0, 0.05) is 19.0 Å². The molecule has 2 aliphatic rings. The minimum atomic E-state index is -0.439. The lowest BCUT2D eigenvalue weighted by atomic mass is 9.89. The number of hydrogen-bond donors (Lipinski definition) is 0. The molecule has 1 amide bonds. The van der Waals surface area contributed by atoms with Crippen LogP contribution in [0, 0.1) is 12.8 Å². The Morgan fingerprint density at radius 2 is 1.95 bits per heavy atom. The van der Waals surface area contributed by atoms with Gasteiger partial charge in [-0.15, -0.1) is 0 Å². The summed E-state index contributed by atoms with van der Waals surface area (Å²) in [7, 11) is 0. The first-order chi connectivity index (χ1) is 10.6. The summed E-state index contributed by atoms with van der Waals surface area (Å²) in [4.78, 5) is 14.4. The maximum absolute atomic E-state index is 12.5. The number of amides is 1. The predicted molar refractivity (Wildman–Crippen MR) is 84.5 cm³/mol. The van der Waals surface area contributed by atoms with E-state index in [0.717, 1.165) is 31.5 Å². The Hall–Kier alpha value is -1.39. The number of hydrogen-bond acceptors (Lipinski definition) is 3. The summed E-state index contributed by atoms with van der Waals surface area (Å²) in [5.74, 6) is 0.173. The fourth-order valence-corrected chi connectivity index (χ4v) is 3.53. The third-order valence-corrected chi connectivity index (χ3v) is 4.89. The van der Waals surface area contributed by atoms with Gasteiger partial charge < -0.3 is 14.4 Å². The van der Waals surface area contributed by atoms with Crippen LogP contribution in [0.25, 0.3) is 0 Å². The Kier molecular flexibility index (Phi) is 4.50. The second kappa shape index (κ2) is 6.39. The highest BCUT2D eigenvalue weighted by Crippen LogP contribution is 2.35. The molecule has 1 aromatic rings. The van der Waals surface area contributed by atoms with Gasteiger partial charge in [-0.25, -0.2) is 0 Å². The minimum absolute atomic E-state index is 0.225. The number of carbonyl (C=O) groups excluding carboxylic acids is 1. The summed E-state index contributed by atoms with van der Waals surface area (Å²) in [5, 5.41) is 0. The summed E-state index contributed by atoms with van der Waals surface area (Å²) in [6.07, 6.45) is 2.41. The molecule has 0 aliphatic carbocycles. The maximum Gasteiger partial charge on any atom is 0.226 e. The lowest BCUT2D eigenvalue weighted by molar-refractivity contribution is -0.191. The van der Waals surface area contributed by atoms with Crippen molar-refractivity contribution >= 4 is 5.91 Å². The number of nitrogens with zero attached hydrogens (tertiary/aromatic N) is 1. The highest BCUT2D eigenvalue weighted by atomic mass is 16.7. The average Bonchev–Trinajstić information content (AvgIpc) is 2.95. The van der Waals surface area contributed by atoms with Gasteiger partial charge in [-0.2, -0.15) is 0 Å². The van der Waals surface area contributed by atoms with Gasteiger partial charge >= 0.3 is 0 Å². The van der Waals surface area contributed by atoms with Crippen molar-refractivity contribution in [3.8, 4) is 0 Å². The van der Waals surface area contributed by atoms with Crippen molar-refractivity contribution in [2.45, 2.75) is 38.9 Å². The lowest BCUT2D eigenvalue weighted by Gasteiger charge is -2.39. The van der Waals surface area contributed by atoms with E-state index >= 15 is 0 Å². The van der Waals surface area contributed by atoms with E-state index in [1.807, 2.05) is 24.0 Å². The Bertz CT molecular complexity index is 529. The standard InChI is InChI=1S/C18H25NO3/c1-14-4-3-5-15(12-14)13-17(20)19-8-6-16(7-9-19)18(2)21-10-11-22-18/h3-5,12,16H,6-11,13H2,1-2H3. The molecule has 0 spiro atoms. The fourth-order valence-electron chi connectivity index (χ4n) is 3.53. The number of benzene rings is 1. The molecule has 4 nitrogen and oxygen atoms in total. The molecule has 2 saturated heterocycles. The van der Waals surface area contributed by atoms with Crippen LogP contribution in [0.2, 0.25) is 0 Å². The molecule has 2 heterocycles. The summed E-state index contributed by atoms with van der Waals surface area (Å²) < 4.78 is 11.5. The average molecular weight is 303 g/mol. The van der Waals surface area contributed by atoms with Crippen molar-refractivity contribution in [2.24, 2.45) is 5.92 Å². The van der Waals surface area contributed by atoms with E-state index in [1.54, 1.807) is 0 Å². The van der Waals surface area contributed by atoms with E-state index in [1.165, 1.54) is 5.56 Å². The second-order valence-electron chi connectivity index (χ2n) is 6.53. The second-order valence-corrected chi connectivity index (χ2v) is 6.53. The molecule has 2 aliphatic heterocycles. The van der Waals surface area contributed by atoms with Gasteiger partial charge in [-0.3, -0.25) is 4.79 Å². The third-order valence-electron chi connectivity index (χ3n) is 4.89. The number of aryl methyl sites for hydroxylation is 1. The van der Waals surface area contributed by atoms with E-state index in [9.17, 15) is 4.79 Å². The Labute approximate surface area is 132 Å². The SMILES string of the molecule is Cc1cccc(CC(=O)N2CCC(C3(C)OCCO3)CC2)c1. The number of carbonyl (C=O) groups is 1. The van der Waals surface area contributed by atoms with Crippen molar-refractivity contribution < 1.29 is 14.3 Å². The summed E-state index contributed by atoms with van der Waals surface area (Å²) in [6.45, 7) is 7.07. The highest BCUT2D eigenvalue weighted by molar-refractivity contribution is 5.78. The molecular weight excluding hydrogens is 278 g/mol. The zero-order chi connectivity index (χ0) is 15.6. The molecule has 0 saturated carbocycles. The van der Waals surface area contributed by atoms with Crippen molar-refractivity contribution in [1.29, 1.82) is 0 Å². The third kappa shape index (κ3) is 3.33. The van der Waals surface area contributed by atoms with E-state index in [2.05, 4.69) is 19.1 Å². The molecule has 1 aromatic carbocycles. The Morgan fingerprint density at radius 3 is 2.59 bits per heavy atom. The van der Waals surface area contributed by atoms with Gasteiger partial charge in [-0.1, -0.05) is 29.8 Å². The lowest BCUT2D eigenvalue weighted by Crippen LogP contribution is -2.46. The zero-order valence-electron chi connectivity index (χ0n) is 13.5. The van der Waals surface area contributed by atoms with Crippen LogP contribution in [0.4, 0.5) is 0 Å². The monoisotopic (exact) mass is 303 g/mol. The van der Waals surface area contributed by atoms with E-state index < -0.39 is 5.79 Å². The van der Waals surface area contributed by atoms with Crippen molar-refractivity contribution in [1.82, 2.24) is 4.90 Å². The van der Waals surface area contributed by atoms with Crippen LogP contribution in [0.15, 0.2) is 24.3 Å². The molecule has 0 bridgehead atoms. The van der Waals surface area contributed by atoms with Crippen LogP contribution in [0.1, 0.15) is 30.9 Å². The van der Waals surface area contributed by atoms with Crippen LogP contribution in [0.3, 0.4) is 0 Å². The van der Waals surface area contributed by atoms with Crippen molar-refractivity contribution in [3.05, 3.63) is 35.4 Å². The van der Waals surface area contributed by atoms with Crippen LogP contribution in [-0.2, 0) is 20.7 Å². The molecule has 120 valence electrons. The normalized spacial score (nSPS) is 22.0. The van der Waals surface area contributed by atoms with Gasteiger partial charge in [0.2, 0.25) is 5.91 Å². The predicted octanol–water partition coefficient (Wildman–Crippen LogP) is 2.54. The van der Waals surface area contributed by atoms with Crippen LogP contribution in [-0.4, -0.2) is 42.9 Å². The molecular formula is C18H25NO3. The smallest absolute Gasteiger partial charge is 0.226 e. The topological polar surface area (TPSA) is 38.8 Å². The summed E-state index contributed by atoms with van der Waals surface area (Å²) >= 11 is 0. The molecule has 2 fully saturated rings. The quantitative estimate of drug-likeness (QED) is 0.861. The molecule has 0 N–H and O–H groups in total. The first-order valence-electron chi connectivity index (χ1n) is 8.18. The molecule has 4 heteroatoms. The van der Waals surface area contributed by atoms with Crippen LogP contribution in [0.5, 0.6) is 0 Å². The molecule has 0 radical (unpaired) electrons. The fraction of sp³-hybridized carbons (Fsp3) is 0.611. The van der Waals surface area contributed by atoms with Gasteiger partial charge in [0.15, 0.2) is 5.79 Å². The van der Waals surface area contributed by atoms with Gasteiger partial charge in [0.1, 0.15) is 0 Å². The van der Waals surface area contributed by atoms with Gasteiger partial charge in [0.05, 0.1) is 19.6 Å². The first-order valence-corrected chi connectivity index (χ1v) is 8.18. The van der Waals surface area contributed by atoms with Crippen LogP contribution >= 0.6 is 0 Å². The molecule has 22 heavy (non-hydrogen) atoms. The summed E-state index contributed by atoms with van der Waals surface area (Å²) in [6, 6.07) is 8.19. The minimum Gasteiger partial charge on any atom is -0.348 e. The number of rotatable bonds is 3. The number of piperidine rings is 1. The first kappa shape index (κ1) is 15.5. The van der Waals surface area contributed by atoms with E-state index in [0.29, 0.717) is 25.6 Å². The van der Waals surface area contributed by atoms with E-state index in [4.69, 9.17) is 9.47 Å². The highest BCUT2D eigenvalue weighted by Gasteiger charge is 2.41. The summed E-state index contributed by atoms with van der Waals surface area (Å²) in [5.41, 5.74) is 2.30. The molecule has 0 atom stereocenters. The largest absolute Gasteiger partial charge is 0.348 e. The molecule has 3 rings (SSSR count). The van der Waals surface area contributed by atoms with Crippen molar-refractivity contribution in [3.63, 3.8) is 0 Å². The Balaban J connectivity index is 1.53. The Morgan fingerprint density at radius 1 is 1.27 bits per heavy atom. The molecule has 0 unspecified atom stereocenters. The zero-order valence-corrected chi connectivity index (χ0v) is 13.5. The van der Waals surface area contributed by atoms with Gasteiger partial charge in [0.25, 0.3) is 0 Å². The van der Waals surface area contributed by atoms with Crippen molar-refractivity contribution in [2.75, 3.05) is 26.3 Å². The maximum atomic E-state index is 12.5. The molecule has 0 aromatic heterocycles. The number of ether oxygens (including phenoxy) is 2. The number of likely N-dealkylation sites (tertiary alicyclic amines) is 1. The van der Waals surface area contributed by atoms with E-state index in [-0.39, 0.29) is 5.91 Å². The van der Waals surface area contributed by atoms with Crippen LogP contribution < -0.4 is 0 Å². The van der Waals surface area contributed by atoms with Gasteiger partial charge in [-0.05, 0) is 32.3 Å².